The average molecular weight is 477 g/mol. The summed E-state index contributed by atoms with van der Waals surface area (Å²) in [4.78, 5) is 37.7. The summed E-state index contributed by atoms with van der Waals surface area (Å²) in [6.45, 7) is 1.18. The molecule has 0 saturated carbocycles. The van der Waals surface area contributed by atoms with Crippen LogP contribution in [0.2, 0.25) is 0 Å². The summed E-state index contributed by atoms with van der Waals surface area (Å²) in [5, 5.41) is 0. The maximum atomic E-state index is 13.2. The topological polar surface area (TPSA) is 72.9 Å². The first-order chi connectivity index (χ1) is 15.2. The fraction of sp³-hybridized carbons (Fsp3) is 0.286. The van der Waals surface area contributed by atoms with Gasteiger partial charge < -0.3 is 14.4 Å². The van der Waals surface area contributed by atoms with Gasteiger partial charge in [-0.15, -0.1) is 0 Å². The number of esters is 2. The van der Waals surface area contributed by atoms with Crippen LogP contribution in [0, 0.1) is 0 Å². The van der Waals surface area contributed by atoms with E-state index in [9.17, 15) is 40.7 Å². The number of halogens is 6. The van der Waals surface area contributed by atoms with Crippen molar-refractivity contribution in [3.63, 3.8) is 0 Å². The van der Waals surface area contributed by atoms with Crippen molar-refractivity contribution in [1.82, 2.24) is 0 Å². The van der Waals surface area contributed by atoms with Crippen molar-refractivity contribution in [2.45, 2.75) is 19.3 Å². The van der Waals surface area contributed by atoms with Crippen LogP contribution in [0.4, 0.5) is 32.0 Å². The molecule has 0 saturated heterocycles. The van der Waals surface area contributed by atoms with Crippen LogP contribution in [0.15, 0.2) is 36.4 Å². The van der Waals surface area contributed by atoms with E-state index in [2.05, 4.69) is 9.47 Å². The summed E-state index contributed by atoms with van der Waals surface area (Å²) < 4.78 is 88.2. The Labute approximate surface area is 183 Å². The Morgan fingerprint density at radius 3 is 1.48 bits per heavy atom. The second-order valence-corrected chi connectivity index (χ2v) is 6.60. The Bertz CT molecular complexity index is 1010. The normalized spacial score (nSPS) is 11.7. The number of alkyl halides is 6. The molecule has 2 aromatic rings. The molecule has 0 heterocycles. The van der Waals surface area contributed by atoms with Gasteiger partial charge in [0, 0.05) is 17.8 Å². The van der Waals surface area contributed by atoms with Gasteiger partial charge in [-0.1, -0.05) is 0 Å². The largest absolute Gasteiger partial charge is 0.465 e. The zero-order chi connectivity index (χ0) is 25.1. The van der Waals surface area contributed by atoms with E-state index in [-0.39, 0.29) is 29.4 Å². The van der Waals surface area contributed by atoms with Crippen molar-refractivity contribution >= 4 is 23.5 Å². The number of methoxy groups -OCH3 is 2. The zero-order valence-corrected chi connectivity index (χ0v) is 17.4. The highest BCUT2D eigenvalue weighted by molar-refractivity contribution is 6.08. The van der Waals surface area contributed by atoms with Gasteiger partial charge in [-0.25, -0.2) is 9.59 Å². The third-order valence-corrected chi connectivity index (χ3v) is 4.47. The van der Waals surface area contributed by atoms with E-state index in [0.717, 1.165) is 37.3 Å². The van der Waals surface area contributed by atoms with Gasteiger partial charge in [0.2, 0.25) is 0 Å². The molecule has 2 rings (SSSR count). The monoisotopic (exact) mass is 477 g/mol. The highest BCUT2D eigenvalue weighted by atomic mass is 19.4. The Hall–Kier alpha value is -3.57. The third kappa shape index (κ3) is 5.82. The predicted octanol–water partition coefficient (Wildman–Crippen LogP) is 4.96. The molecular formula is C21H17F6NO5. The number of carbonyl (C=O) groups excluding carboxylic acids is 3. The summed E-state index contributed by atoms with van der Waals surface area (Å²) in [7, 11) is 2.10. The summed E-state index contributed by atoms with van der Waals surface area (Å²) in [6.07, 6.45) is -10.3. The molecule has 0 radical (unpaired) electrons. The van der Waals surface area contributed by atoms with Crippen molar-refractivity contribution < 1.29 is 50.2 Å². The molecule has 0 bridgehead atoms. The smallest absolute Gasteiger partial charge is 0.416 e. The minimum absolute atomic E-state index is 0.0969. The lowest BCUT2D eigenvalue weighted by molar-refractivity contribution is -0.143. The maximum Gasteiger partial charge on any atom is 0.416 e. The molecule has 0 unspecified atom stereocenters. The molecule has 0 fully saturated rings. The van der Waals surface area contributed by atoms with Crippen LogP contribution in [-0.4, -0.2) is 38.6 Å². The van der Waals surface area contributed by atoms with Crippen LogP contribution in [0.1, 0.15) is 49.1 Å². The number of rotatable bonds is 5. The Morgan fingerprint density at radius 1 is 0.727 bits per heavy atom. The van der Waals surface area contributed by atoms with Crippen molar-refractivity contribution in [2.75, 3.05) is 25.7 Å². The number of anilines is 1. The van der Waals surface area contributed by atoms with Gasteiger partial charge in [-0.3, -0.25) is 4.79 Å². The Morgan fingerprint density at radius 2 is 1.15 bits per heavy atom. The van der Waals surface area contributed by atoms with E-state index < -0.39 is 46.9 Å². The van der Waals surface area contributed by atoms with E-state index in [1.54, 1.807) is 0 Å². The minimum Gasteiger partial charge on any atom is -0.465 e. The SMILES string of the molecule is CCN(C(=O)c1cc(C(F)(F)F)cc(C(F)(F)F)c1)c1cc(C(=O)OC)cc(C(=O)OC)c1. The number of hydrogen-bond acceptors (Lipinski definition) is 5. The third-order valence-electron chi connectivity index (χ3n) is 4.47. The first-order valence-corrected chi connectivity index (χ1v) is 9.16. The molecule has 1 amide bonds. The zero-order valence-electron chi connectivity index (χ0n) is 17.4. The lowest BCUT2D eigenvalue weighted by Gasteiger charge is -2.23. The average Bonchev–Trinajstić information content (AvgIpc) is 2.76. The molecular weight excluding hydrogens is 460 g/mol. The first-order valence-electron chi connectivity index (χ1n) is 9.16. The fourth-order valence-corrected chi connectivity index (χ4v) is 2.92. The highest BCUT2D eigenvalue weighted by Crippen LogP contribution is 2.37. The molecule has 0 aromatic heterocycles. The van der Waals surface area contributed by atoms with Gasteiger partial charge in [0.05, 0.1) is 36.5 Å². The van der Waals surface area contributed by atoms with Gasteiger partial charge in [-0.05, 0) is 43.3 Å². The van der Waals surface area contributed by atoms with E-state index in [1.807, 2.05) is 0 Å². The summed E-state index contributed by atoms with van der Waals surface area (Å²) in [5.41, 5.74) is -4.73. The van der Waals surface area contributed by atoms with Gasteiger partial charge in [0.1, 0.15) is 0 Å². The van der Waals surface area contributed by atoms with Crippen LogP contribution < -0.4 is 4.90 Å². The van der Waals surface area contributed by atoms with Crippen molar-refractivity contribution in [2.24, 2.45) is 0 Å². The molecule has 0 spiro atoms. The number of hydrogen-bond donors (Lipinski definition) is 0. The Balaban J connectivity index is 2.67. The van der Waals surface area contributed by atoms with Crippen LogP contribution >= 0.6 is 0 Å². The number of amides is 1. The van der Waals surface area contributed by atoms with Crippen LogP contribution in [0.25, 0.3) is 0 Å². The molecule has 12 heteroatoms. The van der Waals surface area contributed by atoms with Crippen LogP contribution in [0.3, 0.4) is 0 Å². The molecule has 0 aliphatic rings. The molecule has 6 nitrogen and oxygen atoms in total. The quantitative estimate of drug-likeness (QED) is 0.450. The standard InChI is InChI=1S/C21H17F6NO5/c1-4-28(16-8-12(18(30)32-2)5-13(9-16)19(31)33-3)17(29)11-6-14(20(22,23)24)10-15(7-11)21(25,26)27/h5-10H,4H2,1-3H3. The lowest BCUT2D eigenvalue weighted by Crippen LogP contribution is -2.31. The molecule has 0 N–H and O–H groups in total. The van der Waals surface area contributed by atoms with Gasteiger partial charge in [0.25, 0.3) is 5.91 Å². The number of carbonyl (C=O) groups is 3. The Kier molecular flexibility index (Phi) is 7.40. The second-order valence-electron chi connectivity index (χ2n) is 6.60. The van der Waals surface area contributed by atoms with Crippen molar-refractivity contribution in [1.29, 1.82) is 0 Å². The van der Waals surface area contributed by atoms with Gasteiger partial charge in [-0.2, -0.15) is 26.3 Å². The van der Waals surface area contributed by atoms with Gasteiger partial charge >= 0.3 is 24.3 Å². The molecule has 178 valence electrons. The summed E-state index contributed by atoms with van der Waals surface area (Å²) in [5.74, 6) is -3.01. The minimum atomic E-state index is -5.14. The molecule has 2 aromatic carbocycles. The first kappa shape index (κ1) is 25.7. The number of nitrogens with zero attached hydrogens (tertiary/aromatic N) is 1. The highest BCUT2D eigenvalue weighted by Gasteiger charge is 2.38. The van der Waals surface area contributed by atoms with E-state index in [4.69, 9.17) is 0 Å². The molecule has 0 aliphatic carbocycles. The van der Waals surface area contributed by atoms with E-state index in [1.165, 1.54) is 6.92 Å². The predicted molar refractivity (Wildman–Crippen MR) is 103 cm³/mol. The molecule has 0 atom stereocenters. The summed E-state index contributed by atoms with van der Waals surface area (Å²) in [6, 6.07) is 3.82. The van der Waals surface area contributed by atoms with Crippen LogP contribution in [-0.2, 0) is 21.8 Å². The number of ether oxygens (including phenoxy) is 2. The second kappa shape index (κ2) is 9.51. The van der Waals surface area contributed by atoms with Crippen LogP contribution in [0.5, 0.6) is 0 Å². The molecule has 33 heavy (non-hydrogen) atoms. The maximum absolute atomic E-state index is 13.2. The van der Waals surface area contributed by atoms with E-state index in [0.29, 0.717) is 12.1 Å². The van der Waals surface area contributed by atoms with Crippen molar-refractivity contribution in [3.05, 3.63) is 64.2 Å². The van der Waals surface area contributed by atoms with Crippen molar-refractivity contribution in [3.8, 4) is 0 Å². The molecule has 0 aliphatic heterocycles. The number of benzene rings is 2. The summed E-state index contributed by atoms with van der Waals surface area (Å²) >= 11 is 0. The lowest BCUT2D eigenvalue weighted by atomic mass is 10.0. The van der Waals surface area contributed by atoms with E-state index >= 15 is 0 Å². The van der Waals surface area contributed by atoms with Gasteiger partial charge in [0.15, 0.2) is 0 Å². The fourth-order valence-electron chi connectivity index (χ4n) is 2.92.